The molecule has 1 fully saturated rings. The summed E-state index contributed by atoms with van der Waals surface area (Å²) in [6.45, 7) is 1.15. The predicted molar refractivity (Wildman–Crippen MR) is 113 cm³/mol. The molecule has 5 aromatic rings. The van der Waals surface area contributed by atoms with Crippen LogP contribution in [0.2, 0.25) is 0 Å². The van der Waals surface area contributed by atoms with Crippen molar-refractivity contribution >= 4 is 22.2 Å². The molecule has 160 valence electrons. The lowest BCUT2D eigenvalue weighted by Crippen LogP contribution is -2.27. The molecule has 1 N–H and O–H groups in total. The number of aromatic amines is 1. The Labute approximate surface area is 179 Å². The maximum atomic E-state index is 14.0. The molecule has 1 aliphatic heterocycles. The summed E-state index contributed by atoms with van der Waals surface area (Å²) in [6, 6.07) is 4.28. The van der Waals surface area contributed by atoms with Gasteiger partial charge in [-0.05, 0) is 25.0 Å². The van der Waals surface area contributed by atoms with Crippen molar-refractivity contribution in [1.29, 1.82) is 0 Å². The molecule has 0 amide bonds. The second-order valence-electron chi connectivity index (χ2n) is 7.59. The third-order valence-electron chi connectivity index (χ3n) is 5.67. The Morgan fingerprint density at radius 3 is 2.75 bits per heavy atom. The number of imidazole rings is 2. The number of hydrogen-bond acceptors (Lipinski definition) is 7. The average molecular weight is 432 g/mol. The zero-order valence-electron chi connectivity index (χ0n) is 16.8. The van der Waals surface area contributed by atoms with Gasteiger partial charge in [0.05, 0.1) is 11.0 Å². The van der Waals surface area contributed by atoms with E-state index >= 15 is 0 Å². The van der Waals surface area contributed by atoms with Gasteiger partial charge in [-0.15, -0.1) is 0 Å². The molecule has 11 heteroatoms. The van der Waals surface area contributed by atoms with Gasteiger partial charge >= 0.3 is 5.69 Å². The first-order chi connectivity index (χ1) is 15.7. The van der Waals surface area contributed by atoms with Gasteiger partial charge in [0.2, 0.25) is 5.95 Å². The van der Waals surface area contributed by atoms with Crippen LogP contribution in [0.25, 0.3) is 39.4 Å². The van der Waals surface area contributed by atoms with Crippen LogP contribution < -0.4 is 5.69 Å². The predicted octanol–water partition coefficient (Wildman–Crippen LogP) is 2.41. The van der Waals surface area contributed by atoms with Gasteiger partial charge in [0.25, 0.3) is 0 Å². The van der Waals surface area contributed by atoms with E-state index in [1.165, 1.54) is 18.5 Å². The lowest BCUT2D eigenvalue weighted by molar-refractivity contribution is 0.0697. The molecule has 0 spiro atoms. The van der Waals surface area contributed by atoms with E-state index in [9.17, 15) is 9.18 Å². The van der Waals surface area contributed by atoms with Crippen molar-refractivity contribution in [3.63, 3.8) is 0 Å². The molecule has 10 nitrogen and oxygen atoms in total. The Bertz CT molecular complexity index is 1500. The Balaban J connectivity index is 1.65. The minimum atomic E-state index is -0.391. The van der Waals surface area contributed by atoms with Crippen molar-refractivity contribution in [3.8, 4) is 17.2 Å². The van der Waals surface area contributed by atoms with Crippen molar-refractivity contribution < 1.29 is 9.13 Å². The first kappa shape index (κ1) is 18.8. The maximum absolute atomic E-state index is 14.0. The van der Waals surface area contributed by atoms with Gasteiger partial charge in [-0.3, -0.25) is 9.13 Å². The van der Waals surface area contributed by atoms with E-state index in [-0.39, 0.29) is 17.7 Å². The first-order valence-electron chi connectivity index (χ1n) is 10.2. The lowest BCUT2D eigenvalue weighted by Gasteiger charge is -2.23. The third-order valence-corrected chi connectivity index (χ3v) is 5.67. The molecule has 0 atom stereocenters. The fourth-order valence-electron chi connectivity index (χ4n) is 4.15. The van der Waals surface area contributed by atoms with Crippen LogP contribution in [0.3, 0.4) is 0 Å². The van der Waals surface area contributed by atoms with Gasteiger partial charge in [-0.25, -0.2) is 29.1 Å². The van der Waals surface area contributed by atoms with Crippen LogP contribution in [0, 0.1) is 5.82 Å². The number of rotatable bonds is 3. The number of benzene rings is 1. The van der Waals surface area contributed by atoms with Gasteiger partial charge in [-0.2, -0.15) is 4.98 Å². The van der Waals surface area contributed by atoms with E-state index in [1.807, 2.05) is 0 Å². The molecular formula is C21H17FN8O2. The monoisotopic (exact) mass is 432 g/mol. The molecule has 0 unspecified atom stereocenters. The van der Waals surface area contributed by atoms with E-state index in [0.717, 1.165) is 0 Å². The number of hydrogen-bond donors (Lipinski definition) is 1. The molecule has 1 aliphatic rings. The number of nitrogens with one attached hydrogen (secondary N) is 1. The third kappa shape index (κ3) is 2.97. The van der Waals surface area contributed by atoms with Gasteiger partial charge in [0.15, 0.2) is 5.65 Å². The second kappa shape index (κ2) is 7.31. The van der Waals surface area contributed by atoms with Crippen LogP contribution in [0.5, 0.6) is 0 Å². The molecule has 1 aromatic carbocycles. The number of aromatic nitrogens is 8. The zero-order valence-corrected chi connectivity index (χ0v) is 16.8. The van der Waals surface area contributed by atoms with Gasteiger partial charge in [0, 0.05) is 43.3 Å². The zero-order chi connectivity index (χ0) is 21.7. The summed E-state index contributed by atoms with van der Waals surface area (Å²) in [5.41, 5.74) is 2.92. The van der Waals surface area contributed by atoms with Crippen LogP contribution in [-0.2, 0) is 4.74 Å². The van der Waals surface area contributed by atoms with Crippen LogP contribution >= 0.6 is 0 Å². The number of halogens is 1. The topological polar surface area (TPSA) is 116 Å². The van der Waals surface area contributed by atoms with Crippen molar-refractivity contribution in [3.05, 3.63) is 59.5 Å². The molecule has 1 saturated heterocycles. The number of nitrogens with zero attached hydrogens (tertiary/aromatic N) is 7. The highest BCUT2D eigenvalue weighted by Crippen LogP contribution is 2.29. The summed E-state index contributed by atoms with van der Waals surface area (Å²) < 4.78 is 22.7. The van der Waals surface area contributed by atoms with Crippen molar-refractivity contribution in [2.45, 2.75) is 18.9 Å². The summed E-state index contributed by atoms with van der Waals surface area (Å²) in [5, 5.41) is 0. The highest BCUT2D eigenvalue weighted by molar-refractivity contribution is 5.88. The highest BCUT2D eigenvalue weighted by Gasteiger charge is 2.24. The van der Waals surface area contributed by atoms with Crippen LogP contribution in [0.15, 0.2) is 48.0 Å². The minimum absolute atomic E-state index is 0.0513. The normalized spacial score (nSPS) is 15.0. The lowest BCUT2D eigenvalue weighted by atomic mass is 10.1. The Morgan fingerprint density at radius 1 is 1.12 bits per heavy atom. The van der Waals surface area contributed by atoms with E-state index in [1.54, 1.807) is 33.9 Å². The molecule has 0 radical (unpaired) electrons. The fraction of sp³-hybridized carbons (Fsp3) is 0.238. The molecular weight excluding hydrogens is 415 g/mol. The Hall–Kier alpha value is -3.99. The van der Waals surface area contributed by atoms with Crippen LogP contribution in [0.1, 0.15) is 18.9 Å². The Kier molecular flexibility index (Phi) is 4.28. The molecule has 6 rings (SSSR count). The van der Waals surface area contributed by atoms with E-state index in [2.05, 4.69) is 19.9 Å². The summed E-state index contributed by atoms with van der Waals surface area (Å²) in [5.74, 6) is -0.123. The summed E-state index contributed by atoms with van der Waals surface area (Å²) in [6.07, 6.45) is 7.61. The maximum Gasteiger partial charge on any atom is 0.327 e. The van der Waals surface area contributed by atoms with E-state index < -0.39 is 5.82 Å². The molecule has 0 bridgehead atoms. The molecule has 0 saturated carbocycles. The average Bonchev–Trinajstić information content (AvgIpc) is 3.39. The number of fused-ring (bicyclic) bond motifs is 2. The van der Waals surface area contributed by atoms with E-state index in [0.29, 0.717) is 59.5 Å². The largest absolute Gasteiger partial charge is 0.381 e. The Morgan fingerprint density at radius 2 is 1.94 bits per heavy atom. The molecule has 32 heavy (non-hydrogen) atoms. The quantitative estimate of drug-likeness (QED) is 0.465. The standard InChI is InChI=1S/C21H17FN8O2/c22-13-1-2-15-16(7-13)29(11-25-15)20-26-17(12-8-23-10-24-9-12)18-19(28-20)30(21(31)27-18)14-3-5-32-6-4-14/h1-2,7-11,14H,3-6H2,(H,27,31). The number of ether oxygens (including phenoxy) is 1. The minimum Gasteiger partial charge on any atom is -0.381 e. The fourth-order valence-corrected chi connectivity index (χ4v) is 4.15. The van der Waals surface area contributed by atoms with Gasteiger partial charge < -0.3 is 9.72 Å². The van der Waals surface area contributed by atoms with E-state index in [4.69, 9.17) is 14.7 Å². The summed E-state index contributed by atoms with van der Waals surface area (Å²) in [4.78, 5) is 37.8. The first-order valence-corrected chi connectivity index (χ1v) is 10.2. The summed E-state index contributed by atoms with van der Waals surface area (Å²) >= 11 is 0. The smallest absolute Gasteiger partial charge is 0.327 e. The number of H-pyrrole nitrogens is 1. The van der Waals surface area contributed by atoms with Gasteiger partial charge in [0.1, 0.15) is 29.7 Å². The van der Waals surface area contributed by atoms with Crippen LogP contribution in [-0.4, -0.2) is 52.3 Å². The molecule has 0 aliphatic carbocycles. The highest BCUT2D eigenvalue weighted by atomic mass is 19.1. The van der Waals surface area contributed by atoms with Gasteiger partial charge in [-0.1, -0.05) is 0 Å². The summed E-state index contributed by atoms with van der Waals surface area (Å²) in [7, 11) is 0. The second-order valence-corrected chi connectivity index (χ2v) is 7.59. The van der Waals surface area contributed by atoms with Crippen LogP contribution in [0.4, 0.5) is 4.39 Å². The van der Waals surface area contributed by atoms with Crippen molar-refractivity contribution in [2.24, 2.45) is 0 Å². The van der Waals surface area contributed by atoms with Crippen molar-refractivity contribution in [1.82, 2.24) is 39.0 Å². The molecule has 5 heterocycles. The SMILES string of the molecule is O=c1[nH]c2c(-c3cncnc3)nc(-n3cnc4ccc(F)cc43)nc2n1C1CCOCC1. The molecule has 4 aromatic heterocycles. The van der Waals surface area contributed by atoms with Crippen molar-refractivity contribution in [2.75, 3.05) is 13.2 Å².